The highest BCUT2D eigenvalue weighted by molar-refractivity contribution is 14.0. The molecule has 0 aliphatic rings. The van der Waals surface area contributed by atoms with E-state index >= 15 is 0 Å². The fourth-order valence-corrected chi connectivity index (χ4v) is 2.93. The first-order chi connectivity index (χ1) is 15.8. The lowest BCUT2D eigenvalue weighted by atomic mass is 10.2. The van der Waals surface area contributed by atoms with E-state index in [-0.39, 0.29) is 24.0 Å². The third-order valence-electron chi connectivity index (χ3n) is 4.57. The van der Waals surface area contributed by atoms with E-state index in [1.54, 1.807) is 20.4 Å². The van der Waals surface area contributed by atoms with Crippen LogP contribution in [-0.4, -0.2) is 38.3 Å². The number of hydrogen-bond donors (Lipinski definition) is 2. The number of methoxy groups -OCH3 is 1. The molecule has 2 aromatic carbocycles. The summed E-state index contributed by atoms with van der Waals surface area (Å²) in [4.78, 5) is 8.60. The van der Waals surface area contributed by atoms with Crippen LogP contribution in [0.1, 0.15) is 17.5 Å². The van der Waals surface area contributed by atoms with Gasteiger partial charge in [-0.05, 0) is 29.3 Å². The third-order valence-corrected chi connectivity index (χ3v) is 4.57. The Bertz CT molecular complexity index is 986. The van der Waals surface area contributed by atoms with Crippen LogP contribution in [0.15, 0.2) is 77.9 Å². The van der Waals surface area contributed by atoms with Crippen molar-refractivity contribution in [2.45, 2.75) is 19.6 Å². The van der Waals surface area contributed by atoms with Crippen molar-refractivity contribution in [3.63, 3.8) is 0 Å². The van der Waals surface area contributed by atoms with Crippen molar-refractivity contribution >= 4 is 35.6 Å². The topological polar surface area (TPSA) is 77.0 Å². The average Bonchev–Trinajstić information content (AvgIpc) is 2.84. The summed E-state index contributed by atoms with van der Waals surface area (Å²) in [6.07, 6.45) is 2.60. The van der Waals surface area contributed by atoms with Crippen LogP contribution >= 0.6 is 24.0 Å². The van der Waals surface area contributed by atoms with Crippen molar-refractivity contribution in [1.82, 2.24) is 10.3 Å². The molecule has 0 bridgehead atoms. The van der Waals surface area contributed by atoms with Crippen LogP contribution < -0.4 is 20.1 Å². The first kappa shape index (κ1) is 26.4. The lowest BCUT2D eigenvalue weighted by Crippen LogP contribution is -2.30. The maximum absolute atomic E-state index is 5.82. The Morgan fingerprint density at radius 2 is 1.79 bits per heavy atom. The lowest BCUT2D eigenvalue weighted by molar-refractivity contribution is 0.172. The van der Waals surface area contributed by atoms with Crippen molar-refractivity contribution in [2.75, 3.05) is 32.7 Å². The smallest absolute Gasteiger partial charge is 0.213 e. The number of nitrogens with one attached hydrogen (secondary N) is 2. The number of nitrogens with zero attached hydrogens (tertiary/aromatic N) is 2. The minimum absolute atomic E-state index is 0. The maximum atomic E-state index is 5.82. The van der Waals surface area contributed by atoms with Crippen molar-refractivity contribution in [3.05, 3.63) is 84.1 Å². The molecule has 0 amide bonds. The van der Waals surface area contributed by atoms with E-state index in [1.165, 1.54) is 0 Å². The van der Waals surface area contributed by atoms with Crippen LogP contribution in [0.3, 0.4) is 0 Å². The first-order valence-corrected chi connectivity index (χ1v) is 10.6. The summed E-state index contributed by atoms with van der Waals surface area (Å²) < 4.78 is 16.6. The van der Waals surface area contributed by atoms with E-state index in [9.17, 15) is 0 Å². The van der Waals surface area contributed by atoms with E-state index in [1.807, 2.05) is 66.7 Å². The molecule has 0 unspecified atom stereocenters. The van der Waals surface area contributed by atoms with Gasteiger partial charge in [-0.3, -0.25) is 4.99 Å². The molecule has 8 heteroatoms. The molecule has 1 aromatic heterocycles. The summed E-state index contributed by atoms with van der Waals surface area (Å²) in [5, 5.41) is 6.60. The van der Waals surface area contributed by atoms with E-state index in [0.29, 0.717) is 38.2 Å². The van der Waals surface area contributed by atoms with E-state index in [2.05, 4.69) is 20.6 Å². The van der Waals surface area contributed by atoms with Gasteiger partial charge < -0.3 is 24.8 Å². The van der Waals surface area contributed by atoms with Gasteiger partial charge in [0.2, 0.25) is 5.88 Å². The minimum Gasteiger partial charge on any atom is -0.493 e. The standard InChI is InChI=1S/C25H30N4O3.HI/c1-26-25(29-22-10-6-11-23(17-22)31-15-7-14-30-2)28-18-21-12-13-27-24(16-21)32-19-20-8-4-3-5-9-20;/h3-6,8-13,16-17H,7,14-15,18-19H2,1-2H3,(H2,26,28,29);1H. The van der Waals surface area contributed by atoms with Gasteiger partial charge in [0.15, 0.2) is 5.96 Å². The first-order valence-electron chi connectivity index (χ1n) is 10.6. The SMILES string of the molecule is CN=C(NCc1ccnc(OCc2ccccc2)c1)Nc1cccc(OCCCOC)c1.I. The van der Waals surface area contributed by atoms with Gasteiger partial charge in [-0.2, -0.15) is 0 Å². The summed E-state index contributed by atoms with van der Waals surface area (Å²) in [5.74, 6) is 2.05. The van der Waals surface area contributed by atoms with Gasteiger partial charge in [-0.1, -0.05) is 36.4 Å². The Labute approximate surface area is 212 Å². The second-order valence-electron chi connectivity index (χ2n) is 7.05. The number of halogens is 1. The zero-order chi connectivity index (χ0) is 22.4. The largest absolute Gasteiger partial charge is 0.493 e. The molecule has 0 radical (unpaired) electrons. The zero-order valence-corrected chi connectivity index (χ0v) is 21.3. The van der Waals surface area contributed by atoms with E-state index < -0.39 is 0 Å². The van der Waals surface area contributed by atoms with Crippen molar-refractivity contribution in [2.24, 2.45) is 4.99 Å². The summed E-state index contributed by atoms with van der Waals surface area (Å²) in [5.41, 5.74) is 3.04. The fourth-order valence-electron chi connectivity index (χ4n) is 2.93. The Hall–Kier alpha value is -2.85. The molecular formula is C25H31IN4O3. The van der Waals surface area contributed by atoms with Crippen molar-refractivity contribution < 1.29 is 14.2 Å². The van der Waals surface area contributed by atoms with Crippen molar-refractivity contribution in [1.29, 1.82) is 0 Å². The Morgan fingerprint density at radius 3 is 2.58 bits per heavy atom. The summed E-state index contributed by atoms with van der Waals surface area (Å²) in [6.45, 7) is 2.36. The molecule has 0 saturated heterocycles. The minimum atomic E-state index is 0. The number of aliphatic imine (C=N–C) groups is 1. The van der Waals surface area contributed by atoms with Crippen LogP contribution in [0, 0.1) is 0 Å². The van der Waals surface area contributed by atoms with Crippen LogP contribution in [-0.2, 0) is 17.9 Å². The van der Waals surface area contributed by atoms with Gasteiger partial charge in [0.05, 0.1) is 6.61 Å². The van der Waals surface area contributed by atoms with Gasteiger partial charge in [0, 0.05) is 57.7 Å². The highest BCUT2D eigenvalue weighted by atomic mass is 127. The molecular weight excluding hydrogens is 531 g/mol. The molecule has 3 aromatic rings. The normalized spacial score (nSPS) is 10.8. The summed E-state index contributed by atoms with van der Waals surface area (Å²) in [7, 11) is 3.43. The molecule has 7 nitrogen and oxygen atoms in total. The molecule has 3 rings (SSSR count). The summed E-state index contributed by atoms with van der Waals surface area (Å²) >= 11 is 0. The number of hydrogen-bond acceptors (Lipinski definition) is 5. The van der Waals surface area contributed by atoms with Gasteiger partial charge in [0.25, 0.3) is 0 Å². The molecule has 176 valence electrons. The number of benzene rings is 2. The Balaban J connectivity index is 0.00000385. The number of guanidine groups is 1. The van der Waals surface area contributed by atoms with Gasteiger partial charge in [-0.15, -0.1) is 24.0 Å². The predicted octanol–water partition coefficient (Wildman–Crippen LogP) is 4.88. The molecule has 0 aliphatic carbocycles. The predicted molar refractivity (Wildman–Crippen MR) is 143 cm³/mol. The Morgan fingerprint density at radius 1 is 0.939 bits per heavy atom. The molecule has 0 fully saturated rings. The number of ether oxygens (including phenoxy) is 3. The van der Waals surface area contributed by atoms with E-state index in [0.717, 1.165) is 29.0 Å². The summed E-state index contributed by atoms with van der Waals surface area (Å²) in [6, 6.07) is 21.7. The molecule has 2 N–H and O–H groups in total. The second-order valence-corrected chi connectivity index (χ2v) is 7.05. The highest BCUT2D eigenvalue weighted by Gasteiger charge is 2.04. The fraction of sp³-hybridized carbons (Fsp3) is 0.280. The van der Waals surface area contributed by atoms with Gasteiger partial charge in [0.1, 0.15) is 12.4 Å². The van der Waals surface area contributed by atoms with Crippen molar-refractivity contribution in [3.8, 4) is 11.6 Å². The van der Waals surface area contributed by atoms with Gasteiger partial charge >= 0.3 is 0 Å². The van der Waals surface area contributed by atoms with Crippen LogP contribution in [0.5, 0.6) is 11.6 Å². The lowest BCUT2D eigenvalue weighted by Gasteiger charge is -2.14. The molecule has 33 heavy (non-hydrogen) atoms. The molecule has 0 atom stereocenters. The number of aromatic nitrogens is 1. The number of pyridine rings is 1. The van der Waals surface area contributed by atoms with Crippen LogP contribution in [0.25, 0.3) is 0 Å². The van der Waals surface area contributed by atoms with Crippen LogP contribution in [0.2, 0.25) is 0 Å². The quantitative estimate of drug-likeness (QED) is 0.150. The monoisotopic (exact) mass is 562 g/mol. The maximum Gasteiger partial charge on any atom is 0.213 e. The molecule has 0 saturated carbocycles. The zero-order valence-electron chi connectivity index (χ0n) is 19.0. The second kappa shape index (κ2) is 15.1. The highest BCUT2D eigenvalue weighted by Crippen LogP contribution is 2.18. The van der Waals surface area contributed by atoms with Crippen LogP contribution in [0.4, 0.5) is 5.69 Å². The third kappa shape index (κ3) is 9.67. The molecule has 0 spiro atoms. The molecule has 1 heterocycles. The van der Waals surface area contributed by atoms with E-state index in [4.69, 9.17) is 14.2 Å². The van der Waals surface area contributed by atoms with Gasteiger partial charge in [-0.25, -0.2) is 4.98 Å². The Kier molecular flexibility index (Phi) is 12.1. The number of rotatable bonds is 11. The average molecular weight is 562 g/mol. The molecule has 0 aliphatic heterocycles. The number of anilines is 1.